The summed E-state index contributed by atoms with van der Waals surface area (Å²) in [5.41, 5.74) is -0.632. The number of carboxylic acids is 1. The Morgan fingerprint density at radius 1 is 0.848 bits per heavy atom. The minimum atomic E-state index is -4.77. The van der Waals surface area contributed by atoms with Crippen LogP contribution >= 0.6 is 0 Å². The number of carbonyl (C=O) groups is 2. The van der Waals surface area contributed by atoms with Gasteiger partial charge in [-0.3, -0.25) is 14.3 Å². The third-order valence-electron chi connectivity index (χ3n) is 7.23. The first kappa shape index (κ1) is 32.1. The van der Waals surface area contributed by atoms with Crippen LogP contribution in [0, 0.1) is 5.82 Å². The second kappa shape index (κ2) is 12.3. The number of rotatable bonds is 8. The van der Waals surface area contributed by atoms with Crippen molar-refractivity contribution in [2.75, 3.05) is 6.54 Å². The number of pyridine rings is 1. The van der Waals surface area contributed by atoms with E-state index >= 15 is 4.39 Å². The Hall–Kier alpha value is -5.27. The zero-order chi connectivity index (χ0) is 33.4. The fourth-order valence-corrected chi connectivity index (χ4v) is 4.80. The lowest BCUT2D eigenvalue weighted by atomic mass is 10.0. The zero-order valence-electron chi connectivity index (χ0n) is 23.7. The van der Waals surface area contributed by atoms with Crippen LogP contribution in [0.2, 0.25) is 0 Å². The molecule has 2 heterocycles. The number of alkyl halides is 6. The van der Waals surface area contributed by atoms with Gasteiger partial charge in [-0.25, -0.2) is 9.37 Å². The Balaban J connectivity index is 1.55. The smallest absolute Gasteiger partial charge is 0.416 e. The second-order valence-corrected chi connectivity index (χ2v) is 10.4. The van der Waals surface area contributed by atoms with E-state index in [4.69, 9.17) is 5.11 Å². The molecule has 0 radical (unpaired) electrons. The van der Waals surface area contributed by atoms with Crippen LogP contribution in [-0.4, -0.2) is 38.3 Å². The zero-order valence-corrected chi connectivity index (χ0v) is 23.7. The van der Waals surface area contributed by atoms with Crippen LogP contribution in [0.3, 0.4) is 0 Å². The van der Waals surface area contributed by atoms with Crippen LogP contribution in [0.1, 0.15) is 46.4 Å². The van der Waals surface area contributed by atoms with Crippen molar-refractivity contribution in [3.05, 3.63) is 107 Å². The Labute approximate surface area is 256 Å². The molecule has 238 valence electrons. The number of carboxylic acid groups (broad SMARTS) is 1. The molecule has 0 bridgehead atoms. The first-order valence-electron chi connectivity index (χ1n) is 13.7. The van der Waals surface area contributed by atoms with Crippen LogP contribution in [-0.2, 0) is 17.1 Å². The maximum Gasteiger partial charge on any atom is 0.416 e. The number of fused-ring (bicyclic) bond motifs is 1. The van der Waals surface area contributed by atoms with E-state index in [1.807, 2.05) is 0 Å². The molecule has 1 unspecified atom stereocenters. The maximum absolute atomic E-state index is 15.0. The first-order valence-corrected chi connectivity index (χ1v) is 13.7. The number of halogens is 7. The molecule has 2 N–H and O–H groups in total. The highest BCUT2D eigenvalue weighted by Gasteiger charge is 2.32. The predicted molar refractivity (Wildman–Crippen MR) is 153 cm³/mol. The first-order chi connectivity index (χ1) is 21.6. The van der Waals surface area contributed by atoms with Crippen molar-refractivity contribution in [2.45, 2.75) is 31.7 Å². The van der Waals surface area contributed by atoms with Crippen LogP contribution in [0.4, 0.5) is 30.7 Å². The molecule has 0 aliphatic rings. The average Bonchev–Trinajstić information content (AvgIpc) is 3.44. The van der Waals surface area contributed by atoms with Crippen LogP contribution in [0.5, 0.6) is 0 Å². The largest absolute Gasteiger partial charge is 0.481 e. The van der Waals surface area contributed by atoms with Gasteiger partial charge >= 0.3 is 18.3 Å². The summed E-state index contributed by atoms with van der Waals surface area (Å²) < 4.78 is 95.7. The van der Waals surface area contributed by atoms with E-state index in [1.54, 1.807) is 19.1 Å². The summed E-state index contributed by atoms with van der Waals surface area (Å²) in [5.74, 6) is -2.72. The quantitative estimate of drug-likeness (QED) is 0.168. The average molecular weight is 645 g/mol. The molecule has 2 aromatic heterocycles. The van der Waals surface area contributed by atoms with Gasteiger partial charge in [0.05, 0.1) is 46.2 Å². The van der Waals surface area contributed by atoms with E-state index < -0.39 is 47.2 Å². The van der Waals surface area contributed by atoms with Crippen LogP contribution < -0.4 is 5.32 Å². The summed E-state index contributed by atoms with van der Waals surface area (Å²) >= 11 is 0. The van der Waals surface area contributed by atoms with E-state index in [0.29, 0.717) is 17.3 Å². The van der Waals surface area contributed by atoms with Crippen LogP contribution in [0.15, 0.2) is 78.9 Å². The molecule has 5 aromatic rings. The summed E-state index contributed by atoms with van der Waals surface area (Å²) in [6.45, 7) is 1.66. The number of hydrogen-bond acceptors (Lipinski definition) is 4. The number of nitrogens with one attached hydrogen (secondary N) is 1. The summed E-state index contributed by atoms with van der Waals surface area (Å²) in [5, 5.41) is 16.0. The molecular formula is C32H23F7N4O3. The van der Waals surface area contributed by atoms with Gasteiger partial charge in [0.15, 0.2) is 0 Å². The Morgan fingerprint density at radius 3 is 2.13 bits per heavy atom. The maximum atomic E-state index is 15.0. The standard InChI is InChI=1S/C32H23F7N4O3/c1-17(18-2-4-19(5-3-18)30(46)40-13-12-29(44)45)43-28(16-27(42-43)23-9-7-22(15-24(23)33)32(37,38)39)26-10-6-20-14-21(31(34,35)36)8-11-25(20)41-26/h2-11,14-17H,12-13H2,1H3,(H,40,46)(H,44,45). The molecule has 14 heteroatoms. The lowest BCUT2D eigenvalue weighted by Gasteiger charge is -2.17. The lowest BCUT2D eigenvalue weighted by Crippen LogP contribution is -2.26. The van der Waals surface area contributed by atoms with Gasteiger partial charge in [-0.1, -0.05) is 18.2 Å². The Kier molecular flexibility index (Phi) is 8.56. The SMILES string of the molecule is CC(c1ccc(C(=O)NCCC(=O)O)cc1)n1nc(-c2ccc(C(F)(F)F)cc2F)cc1-c1ccc2cc(C(F)(F)F)ccc2n1. The van der Waals surface area contributed by atoms with E-state index in [9.17, 15) is 35.9 Å². The van der Waals surface area contributed by atoms with Gasteiger partial charge in [0.1, 0.15) is 5.82 Å². The fraction of sp³-hybridized carbons (Fsp3) is 0.188. The molecule has 7 nitrogen and oxygen atoms in total. The fourth-order valence-electron chi connectivity index (χ4n) is 4.80. The topological polar surface area (TPSA) is 97.1 Å². The van der Waals surface area contributed by atoms with Gasteiger partial charge in [0.25, 0.3) is 5.91 Å². The molecule has 0 fully saturated rings. The normalized spacial score (nSPS) is 12.7. The molecule has 5 rings (SSSR count). The highest BCUT2D eigenvalue weighted by molar-refractivity contribution is 5.94. The minimum absolute atomic E-state index is 0.0168. The number of aliphatic carboxylic acids is 1. The molecule has 0 aliphatic heterocycles. The number of hydrogen-bond donors (Lipinski definition) is 2. The Bertz CT molecular complexity index is 1930. The van der Waals surface area contributed by atoms with E-state index in [2.05, 4.69) is 15.4 Å². The van der Waals surface area contributed by atoms with Gasteiger partial charge in [0.2, 0.25) is 0 Å². The molecule has 3 aromatic carbocycles. The van der Waals surface area contributed by atoms with Crippen molar-refractivity contribution < 1.29 is 45.4 Å². The lowest BCUT2D eigenvalue weighted by molar-refractivity contribution is -0.138. The third kappa shape index (κ3) is 6.85. The summed E-state index contributed by atoms with van der Waals surface area (Å²) in [4.78, 5) is 27.6. The minimum Gasteiger partial charge on any atom is -0.481 e. The second-order valence-electron chi connectivity index (χ2n) is 10.4. The predicted octanol–water partition coefficient (Wildman–Crippen LogP) is 7.76. The highest BCUT2D eigenvalue weighted by Crippen LogP contribution is 2.36. The van der Waals surface area contributed by atoms with Crippen molar-refractivity contribution in [1.82, 2.24) is 20.1 Å². The highest BCUT2D eigenvalue weighted by atomic mass is 19.4. The molecule has 1 amide bonds. The van der Waals surface area contributed by atoms with Gasteiger partial charge in [0, 0.05) is 23.1 Å². The van der Waals surface area contributed by atoms with Gasteiger partial charge in [-0.05, 0) is 73.2 Å². The molecule has 0 saturated carbocycles. The molecule has 0 aliphatic carbocycles. The number of amides is 1. The summed E-state index contributed by atoms with van der Waals surface area (Å²) in [6.07, 6.45) is -9.58. The number of aromatic nitrogens is 3. The summed E-state index contributed by atoms with van der Waals surface area (Å²) in [6, 6.07) is 15.1. The molecule has 0 spiro atoms. The molecule has 46 heavy (non-hydrogen) atoms. The Morgan fingerprint density at radius 2 is 1.50 bits per heavy atom. The van der Waals surface area contributed by atoms with Gasteiger partial charge in [-0.15, -0.1) is 0 Å². The van der Waals surface area contributed by atoms with Crippen molar-refractivity contribution >= 4 is 22.8 Å². The van der Waals surface area contributed by atoms with Crippen LogP contribution in [0.25, 0.3) is 33.5 Å². The van der Waals surface area contributed by atoms with E-state index in [1.165, 1.54) is 41.1 Å². The van der Waals surface area contributed by atoms with Gasteiger partial charge in [-0.2, -0.15) is 31.4 Å². The van der Waals surface area contributed by atoms with Crippen molar-refractivity contribution in [2.24, 2.45) is 0 Å². The van der Waals surface area contributed by atoms with Crippen molar-refractivity contribution in [3.8, 4) is 22.6 Å². The molecule has 0 saturated heterocycles. The summed E-state index contributed by atoms with van der Waals surface area (Å²) in [7, 11) is 0. The number of nitrogens with zero attached hydrogens (tertiary/aromatic N) is 3. The monoisotopic (exact) mass is 644 g/mol. The third-order valence-corrected chi connectivity index (χ3v) is 7.23. The molecular weight excluding hydrogens is 621 g/mol. The number of carbonyl (C=O) groups excluding carboxylic acids is 1. The van der Waals surface area contributed by atoms with Crippen molar-refractivity contribution in [3.63, 3.8) is 0 Å². The number of benzene rings is 3. The van der Waals surface area contributed by atoms with E-state index in [0.717, 1.165) is 24.3 Å². The van der Waals surface area contributed by atoms with Crippen molar-refractivity contribution in [1.29, 1.82) is 0 Å². The van der Waals surface area contributed by atoms with Gasteiger partial charge < -0.3 is 10.4 Å². The van der Waals surface area contributed by atoms with E-state index in [-0.39, 0.29) is 46.4 Å². The molecule has 1 atom stereocenters.